The molecular weight excluding hydrogens is 457 g/mol. The maximum Gasteiger partial charge on any atom is 0.309 e. The smallest absolute Gasteiger partial charge is 0.309 e. The minimum absolute atomic E-state index is 0. The third-order valence-electron chi connectivity index (χ3n) is 5.03. The molecule has 1 saturated heterocycles. The van der Waals surface area contributed by atoms with Crippen LogP contribution in [-0.4, -0.2) is 59.4 Å². The first kappa shape index (κ1) is 23.7. The first-order valence-corrected chi connectivity index (χ1v) is 9.66. The zero-order valence-corrected chi connectivity index (χ0v) is 19.6. The van der Waals surface area contributed by atoms with Crippen LogP contribution in [0.1, 0.15) is 43.6 Å². The van der Waals surface area contributed by atoms with Gasteiger partial charge >= 0.3 is 5.97 Å². The number of halogens is 1. The molecule has 0 bridgehead atoms. The van der Waals surface area contributed by atoms with Crippen LogP contribution in [0.5, 0.6) is 0 Å². The van der Waals surface area contributed by atoms with Crippen molar-refractivity contribution in [1.29, 1.82) is 0 Å². The molecule has 0 aliphatic carbocycles. The molecule has 27 heavy (non-hydrogen) atoms. The number of ether oxygens (including phenoxy) is 1. The summed E-state index contributed by atoms with van der Waals surface area (Å²) in [6.45, 7) is 11.8. The van der Waals surface area contributed by atoms with Crippen molar-refractivity contribution in [1.82, 2.24) is 20.0 Å². The third kappa shape index (κ3) is 6.36. The molecule has 1 aromatic heterocycles. The maximum atomic E-state index is 11.9. The number of carbonyl (C=O) groups is 1. The van der Waals surface area contributed by atoms with Crippen molar-refractivity contribution >= 4 is 35.9 Å². The van der Waals surface area contributed by atoms with Crippen molar-refractivity contribution in [3.63, 3.8) is 0 Å². The van der Waals surface area contributed by atoms with Crippen molar-refractivity contribution < 1.29 is 9.53 Å². The molecule has 1 aromatic rings. The van der Waals surface area contributed by atoms with Crippen LogP contribution in [0.15, 0.2) is 4.99 Å². The van der Waals surface area contributed by atoms with Gasteiger partial charge in [-0.05, 0) is 52.5 Å². The Morgan fingerprint density at radius 3 is 2.48 bits per heavy atom. The number of piperidine rings is 1. The summed E-state index contributed by atoms with van der Waals surface area (Å²) in [6, 6.07) is 0. The van der Waals surface area contributed by atoms with Crippen LogP contribution < -0.4 is 5.32 Å². The zero-order valence-electron chi connectivity index (χ0n) is 17.2. The summed E-state index contributed by atoms with van der Waals surface area (Å²) in [5, 5.41) is 7.85. The van der Waals surface area contributed by atoms with Gasteiger partial charge in [0.05, 0.1) is 18.2 Å². The van der Waals surface area contributed by atoms with Gasteiger partial charge in [0.2, 0.25) is 0 Å². The molecule has 0 spiro atoms. The number of aryl methyl sites for hydroxylation is 2. The van der Waals surface area contributed by atoms with E-state index in [0.717, 1.165) is 57.1 Å². The number of aromatic nitrogens is 2. The Kier molecular flexibility index (Phi) is 10.1. The molecule has 1 aliphatic rings. The summed E-state index contributed by atoms with van der Waals surface area (Å²) in [4.78, 5) is 19.0. The van der Waals surface area contributed by atoms with Crippen LogP contribution in [0.3, 0.4) is 0 Å². The normalized spacial score (nSPS) is 15.4. The predicted molar refractivity (Wildman–Crippen MR) is 119 cm³/mol. The van der Waals surface area contributed by atoms with E-state index < -0.39 is 0 Å². The highest BCUT2D eigenvalue weighted by Crippen LogP contribution is 2.19. The molecule has 1 aliphatic heterocycles. The summed E-state index contributed by atoms with van der Waals surface area (Å²) in [5.41, 5.74) is 3.58. The summed E-state index contributed by atoms with van der Waals surface area (Å²) < 4.78 is 7.08. The molecule has 0 amide bonds. The van der Waals surface area contributed by atoms with E-state index in [2.05, 4.69) is 36.1 Å². The Bertz CT molecular complexity index is 636. The van der Waals surface area contributed by atoms with Crippen LogP contribution >= 0.6 is 24.0 Å². The van der Waals surface area contributed by atoms with E-state index in [1.807, 2.05) is 18.7 Å². The van der Waals surface area contributed by atoms with E-state index in [4.69, 9.17) is 9.73 Å². The summed E-state index contributed by atoms with van der Waals surface area (Å²) in [7, 11) is 1.98. The van der Waals surface area contributed by atoms with Gasteiger partial charge in [-0.25, -0.2) is 0 Å². The fraction of sp³-hybridized carbons (Fsp3) is 0.737. The lowest BCUT2D eigenvalue weighted by Crippen LogP contribution is -2.46. The molecule has 1 fully saturated rings. The minimum Gasteiger partial charge on any atom is -0.466 e. The minimum atomic E-state index is -0.0587. The largest absolute Gasteiger partial charge is 0.466 e. The highest BCUT2D eigenvalue weighted by Gasteiger charge is 2.27. The number of rotatable bonds is 6. The summed E-state index contributed by atoms with van der Waals surface area (Å²) >= 11 is 0. The van der Waals surface area contributed by atoms with E-state index >= 15 is 0 Å². The number of nitrogens with zero attached hydrogens (tertiary/aromatic N) is 4. The van der Waals surface area contributed by atoms with Crippen LogP contribution in [0, 0.1) is 19.8 Å². The average Bonchev–Trinajstić information content (AvgIpc) is 2.87. The SMILES string of the molecule is CCNC(=NCCc1c(C)nn(C)c1C)N1CCC(C(=O)OCC)CC1.I. The highest BCUT2D eigenvalue weighted by molar-refractivity contribution is 14.0. The number of nitrogens with one attached hydrogen (secondary N) is 1. The van der Waals surface area contributed by atoms with Gasteiger partial charge in [-0.2, -0.15) is 5.10 Å². The molecular formula is C19H34IN5O2. The molecule has 0 radical (unpaired) electrons. The molecule has 0 saturated carbocycles. The van der Waals surface area contributed by atoms with Gasteiger partial charge in [0.25, 0.3) is 0 Å². The quantitative estimate of drug-likeness (QED) is 0.287. The molecule has 8 heteroatoms. The highest BCUT2D eigenvalue weighted by atomic mass is 127. The van der Waals surface area contributed by atoms with Crippen molar-refractivity contribution in [2.24, 2.45) is 18.0 Å². The van der Waals surface area contributed by atoms with Crippen molar-refractivity contribution in [3.05, 3.63) is 17.0 Å². The summed E-state index contributed by atoms with van der Waals surface area (Å²) in [5.74, 6) is 0.903. The van der Waals surface area contributed by atoms with Crippen molar-refractivity contribution in [3.8, 4) is 0 Å². The third-order valence-corrected chi connectivity index (χ3v) is 5.03. The number of guanidine groups is 1. The van der Waals surface area contributed by atoms with Gasteiger partial charge in [-0.3, -0.25) is 14.5 Å². The van der Waals surface area contributed by atoms with Crippen LogP contribution in [0.4, 0.5) is 0 Å². The van der Waals surface area contributed by atoms with Gasteiger partial charge in [0.1, 0.15) is 0 Å². The lowest BCUT2D eigenvalue weighted by molar-refractivity contribution is -0.149. The van der Waals surface area contributed by atoms with E-state index in [0.29, 0.717) is 6.61 Å². The van der Waals surface area contributed by atoms with Crippen LogP contribution in [0.25, 0.3) is 0 Å². The summed E-state index contributed by atoms with van der Waals surface area (Å²) in [6.07, 6.45) is 2.54. The van der Waals surface area contributed by atoms with E-state index in [9.17, 15) is 4.79 Å². The Morgan fingerprint density at radius 1 is 1.30 bits per heavy atom. The predicted octanol–water partition coefficient (Wildman–Crippen LogP) is 2.44. The molecule has 2 heterocycles. The second kappa shape index (κ2) is 11.5. The van der Waals surface area contributed by atoms with E-state index in [-0.39, 0.29) is 35.9 Å². The van der Waals surface area contributed by atoms with Crippen molar-refractivity contribution in [2.45, 2.75) is 47.0 Å². The second-order valence-corrected chi connectivity index (χ2v) is 6.77. The molecule has 1 N–H and O–H groups in total. The van der Waals surface area contributed by atoms with E-state index in [1.54, 1.807) is 0 Å². The second-order valence-electron chi connectivity index (χ2n) is 6.77. The Hall–Kier alpha value is -1.32. The molecule has 154 valence electrons. The molecule has 0 atom stereocenters. The van der Waals surface area contributed by atoms with Gasteiger partial charge in [-0.15, -0.1) is 24.0 Å². The molecule has 2 rings (SSSR count). The topological polar surface area (TPSA) is 71.8 Å². The standard InChI is InChI=1S/C19H33N5O2.HI/c1-6-20-19(21-11-8-17-14(3)22-23(5)15(17)4)24-12-9-16(10-13-24)18(25)26-7-2;/h16H,6-13H2,1-5H3,(H,20,21);1H. The van der Waals surface area contributed by atoms with Crippen LogP contribution in [-0.2, 0) is 23.0 Å². The lowest BCUT2D eigenvalue weighted by atomic mass is 9.97. The number of hydrogen-bond acceptors (Lipinski definition) is 4. The number of aliphatic imine (C=N–C) groups is 1. The number of carbonyl (C=O) groups excluding carboxylic acids is 1. The van der Waals surface area contributed by atoms with Gasteiger partial charge < -0.3 is 15.0 Å². The van der Waals surface area contributed by atoms with Gasteiger partial charge in [-0.1, -0.05) is 0 Å². The van der Waals surface area contributed by atoms with Crippen LogP contribution in [0.2, 0.25) is 0 Å². The maximum absolute atomic E-state index is 11.9. The number of hydrogen-bond donors (Lipinski definition) is 1. The van der Waals surface area contributed by atoms with Gasteiger partial charge in [0, 0.05) is 38.9 Å². The first-order valence-electron chi connectivity index (χ1n) is 9.66. The Morgan fingerprint density at radius 2 is 1.96 bits per heavy atom. The average molecular weight is 491 g/mol. The van der Waals surface area contributed by atoms with E-state index in [1.165, 1.54) is 11.3 Å². The first-order chi connectivity index (χ1) is 12.5. The fourth-order valence-corrected chi connectivity index (χ4v) is 3.47. The fourth-order valence-electron chi connectivity index (χ4n) is 3.47. The zero-order chi connectivity index (χ0) is 19.1. The number of esters is 1. The molecule has 7 nitrogen and oxygen atoms in total. The lowest BCUT2D eigenvalue weighted by Gasteiger charge is -2.33. The van der Waals surface area contributed by atoms with Crippen molar-refractivity contribution in [2.75, 3.05) is 32.8 Å². The monoisotopic (exact) mass is 491 g/mol. The van der Waals surface area contributed by atoms with Gasteiger partial charge in [0.15, 0.2) is 5.96 Å². The Balaban J connectivity index is 0.00000364. The molecule has 0 unspecified atom stereocenters. The Labute approximate surface area is 179 Å². The molecule has 0 aromatic carbocycles. The number of likely N-dealkylation sites (tertiary alicyclic amines) is 1.